The molecule has 0 unspecified atom stereocenters. The van der Waals surface area contributed by atoms with E-state index in [0.717, 1.165) is 16.5 Å². The second kappa shape index (κ2) is 7.57. The van der Waals surface area contributed by atoms with Gasteiger partial charge in [-0.3, -0.25) is 18.6 Å². The van der Waals surface area contributed by atoms with Crippen LogP contribution in [0.1, 0.15) is 21.5 Å². The van der Waals surface area contributed by atoms with Crippen molar-refractivity contribution < 1.29 is 9.53 Å². The minimum absolute atomic E-state index is 0.0891. The van der Waals surface area contributed by atoms with Crippen molar-refractivity contribution in [2.75, 3.05) is 0 Å². The van der Waals surface area contributed by atoms with Crippen molar-refractivity contribution in [3.8, 4) is 5.88 Å². The summed E-state index contributed by atoms with van der Waals surface area (Å²) in [6.07, 6.45) is 3.47. The molecule has 3 aromatic heterocycles. The molecule has 0 aliphatic rings. The van der Waals surface area contributed by atoms with Crippen LogP contribution in [0, 0.1) is 6.92 Å². The first-order valence-corrected chi connectivity index (χ1v) is 9.92. The highest BCUT2D eigenvalue weighted by Crippen LogP contribution is 2.18. The Balaban J connectivity index is 1.35. The van der Waals surface area contributed by atoms with Gasteiger partial charge >= 0.3 is 0 Å². The van der Waals surface area contributed by atoms with Crippen LogP contribution in [0.2, 0.25) is 0 Å². The lowest BCUT2D eigenvalue weighted by atomic mass is 10.1. The molecule has 0 aliphatic carbocycles. The van der Waals surface area contributed by atoms with Gasteiger partial charge in [0.25, 0.3) is 11.5 Å². The normalized spacial score (nSPS) is 11.1. The van der Waals surface area contributed by atoms with Crippen LogP contribution >= 0.6 is 0 Å². The van der Waals surface area contributed by atoms with Crippen LogP contribution in [0.5, 0.6) is 5.88 Å². The van der Waals surface area contributed by atoms with Gasteiger partial charge in [0.2, 0.25) is 5.88 Å². The number of nitrogens with zero attached hydrogens (tertiary/aromatic N) is 3. The lowest BCUT2D eigenvalue weighted by molar-refractivity contribution is 0.0965. The maximum absolute atomic E-state index is 12.9. The summed E-state index contributed by atoms with van der Waals surface area (Å²) in [5.41, 5.74) is 3.18. The molecular formula is C25H19N3O3. The maximum Gasteiger partial charge on any atom is 0.264 e. The van der Waals surface area contributed by atoms with Crippen molar-refractivity contribution in [1.82, 2.24) is 14.0 Å². The third-order valence-corrected chi connectivity index (χ3v) is 5.31. The molecular weight excluding hydrogens is 390 g/mol. The zero-order valence-electron chi connectivity index (χ0n) is 16.9. The molecule has 6 heteroatoms. The van der Waals surface area contributed by atoms with Gasteiger partial charge in [-0.2, -0.15) is 4.98 Å². The number of ether oxygens (including phenoxy) is 1. The first-order valence-electron chi connectivity index (χ1n) is 9.92. The Morgan fingerprint density at radius 2 is 1.71 bits per heavy atom. The quantitative estimate of drug-likeness (QED) is 0.446. The predicted octanol–water partition coefficient (Wildman–Crippen LogP) is 4.23. The van der Waals surface area contributed by atoms with E-state index < -0.39 is 0 Å². The largest absolute Gasteiger partial charge is 0.472 e. The summed E-state index contributed by atoms with van der Waals surface area (Å²) in [6, 6.07) is 22.3. The van der Waals surface area contributed by atoms with Gasteiger partial charge in [0.1, 0.15) is 12.3 Å². The second-order valence-electron chi connectivity index (χ2n) is 7.31. The zero-order valence-corrected chi connectivity index (χ0v) is 16.9. The van der Waals surface area contributed by atoms with E-state index >= 15 is 0 Å². The Kier molecular flexibility index (Phi) is 4.59. The lowest BCUT2D eigenvalue weighted by Crippen LogP contribution is -2.19. The average molecular weight is 409 g/mol. The Hall–Kier alpha value is -4.19. The molecule has 0 saturated heterocycles. The summed E-state index contributed by atoms with van der Waals surface area (Å²) >= 11 is 0. The first kappa shape index (κ1) is 18.8. The molecule has 0 N–H and O–H groups in total. The molecule has 0 fully saturated rings. The van der Waals surface area contributed by atoms with Gasteiger partial charge in [0.15, 0.2) is 0 Å². The number of pyridine rings is 1. The molecule has 0 amide bonds. The molecule has 31 heavy (non-hydrogen) atoms. The average Bonchev–Trinajstić information content (AvgIpc) is 3.24. The second-order valence-corrected chi connectivity index (χ2v) is 7.31. The van der Waals surface area contributed by atoms with Gasteiger partial charge < -0.3 is 4.74 Å². The zero-order chi connectivity index (χ0) is 21.4. The molecule has 0 radical (unpaired) electrons. The summed E-state index contributed by atoms with van der Waals surface area (Å²) in [7, 11) is 0. The molecule has 0 saturated carbocycles. The lowest BCUT2D eigenvalue weighted by Gasteiger charge is -2.10. The Labute approximate surface area is 178 Å². The molecule has 2 aromatic carbocycles. The van der Waals surface area contributed by atoms with Crippen molar-refractivity contribution in [3.05, 3.63) is 112 Å². The van der Waals surface area contributed by atoms with Crippen LogP contribution in [-0.4, -0.2) is 19.9 Å². The summed E-state index contributed by atoms with van der Waals surface area (Å²) in [5.74, 6) is 0.226. The Bertz CT molecular complexity index is 1480. The van der Waals surface area contributed by atoms with Crippen LogP contribution in [0.15, 0.2) is 90.0 Å². The van der Waals surface area contributed by atoms with Crippen molar-refractivity contribution in [3.63, 3.8) is 0 Å². The van der Waals surface area contributed by atoms with Crippen molar-refractivity contribution >= 4 is 22.5 Å². The van der Waals surface area contributed by atoms with E-state index in [0.29, 0.717) is 22.7 Å². The molecule has 5 aromatic rings. The third-order valence-electron chi connectivity index (χ3n) is 5.31. The summed E-state index contributed by atoms with van der Waals surface area (Å²) in [6.45, 7) is 1.95. The van der Waals surface area contributed by atoms with E-state index in [1.54, 1.807) is 48.1 Å². The smallest absolute Gasteiger partial charge is 0.264 e. The fourth-order valence-corrected chi connectivity index (χ4v) is 3.59. The highest BCUT2D eigenvalue weighted by molar-refractivity contribution is 6.02. The molecule has 0 spiro atoms. The van der Waals surface area contributed by atoms with Gasteiger partial charge in [0.05, 0.1) is 11.1 Å². The third kappa shape index (κ3) is 3.38. The van der Waals surface area contributed by atoms with Gasteiger partial charge in [0, 0.05) is 23.3 Å². The number of rotatable bonds is 4. The SMILES string of the molecule is Cc1c(OCc2ccc(C(=O)n3ccc4ccccc43)cc2)nc2ccccn2c1=O. The molecule has 6 nitrogen and oxygen atoms in total. The number of aromatic nitrogens is 3. The Morgan fingerprint density at radius 3 is 2.55 bits per heavy atom. The number of hydrogen-bond donors (Lipinski definition) is 0. The van der Waals surface area contributed by atoms with Crippen molar-refractivity contribution in [2.45, 2.75) is 13.5 Å². The Morgan fingerprint density at radius 1 is 0.935 bits per heavy atom. The van der Waals surface area contributed by atoms with Crippen LogP contribution in [0.3, 0.4) is 0 Å². The summed E-state index contributed by atoms with van der Waals surface area (Å²) in [5, 5.41) is 1.02. The predicted molar refractivity (Wildman–Crippen MR) is 119 cm³/mol. The molecule has 0 aliphatic heterocycles. The monoisotopic (exact) mass is 409 g/mol. The molecule has 3 heterocycles. The molecule has 5 rings (SSSR count). The minimum Gasteiger partial charge on any atom is -0.472 e. The fourth-order valence-electron chi connectivity index (χ4n) is 3.59. The van der Waals surface area contributed by atoms with Crippen molar-refractivity contribution in [1.29, 1.82) is 0 Å². The van der Waals surface area contributed by atoms with E-state index in [9.17, 15) is 9.59 Å². The van der Waals surface area contributed by atoms with Crippen LogP contribution in [0.25, 0.3) is 16.6 Å². The summed E-state index contributed by atoms with van der Waals surface area (Å²) < 4.78 is 8.97. The maximum atomic E-state index is 12.9. The number of fused-ring (bicyclic) bond motifs is 2. The number of benzene rings is 2. The number of hydrogen-bond acceptors (Lipinski definition) is 4. The van der Waals surface area contributed by atoms with Gasteiger partial charge in [-0.25, -0.2) is 0 Å². The van der Waals surface area contributed by atoms with E-state index in [4.69, 9.17) is 4.74 Å². The highest BCUT2D eigenvalue weighted by atomic mass is 16.5. The first-order chi connectivity index (χ1) is 15.1. The summed E-state index contributed by atoms with van der Waals surface area (Å²) in [4.78, 5) is 29.8. The molecule has 0 atom stereocenters. The van der Waals surface area contributed by atoms with E-state index in [1.807, 2.05) is 48.5 Å². The topological polar surface area (TPSA) is 65.6 Å². The molecule has 152 valence electrons. The van der Waals surface area contributed by atoms with E-state index in [1.165, 1.54) is 4.40 Å². The highest BCUT2D eigenvalue weighted by Gasteiger charge is 2.12. The number of carbonyl (C=O) groups is 1. The van der Waals surface area contributed by atoms with Crippen LogP contribution < -0.4 is 10.3 Å². The van der Waals surface area contributed by atoms with Crippen LogP contribution in [0.4, 0.5) is 0 Å². The number of para-hydroxylation sites is 1. The molecule has 0 bridgehead atoms. The van der Waals surface area contributed by atoms with Gasteiger partial charge in [-0.05, 0) is 48.9 Å². The van der Waals surface area contributed by atoms with Crippen LogP contribution in [-0.2, 0) is 6.61 Å². The fraction of sp³-hybridized carbons (Fsp3) is 0.0800. The van der Waals surface area contributed by atoms with Gasteiger partial charge in [-0.15, -0.1) is 0 Å². The van der Waals surface area contributed by atoms with E-state index in [2.05, 4.69) is 4.98 Å². The van der Waals surface area contributed by atoms with E-state index in [-0.39, 0.29) is 18.1 Å². The van der Waals surface area contributed by atoms with Crippen molar-refractivity contribution in [2.24, 2.45) is 0 Å². The van der Waals surface area contributed by atoms with Gasteiger partial charge in [-0.1, -0.05) is 36.4 Å². The minimum atomic E-state index is -0.152. The number of carbonyl (C=O) groups excluding carboxylic acids is 1. The standard InChI is InChI=1S/C25H19N3O3/c1-17-23(26-22-8-4-5-14-28(22)24(17)29)31-16-18-9-11-20(12-10-18)25(30)27-15-13-19-6-2-3-7-21(19)27/h2-15H,16H2,1H3.